The fourth-order valence-electron chi connectivity index (χ4n) is 4.29. The summed E-state index contributed by atoms with van der Waals surface area (Å²) in [6.07, 6.45) is 1.36. The number of carbonyl (C=O) groups excluding carboxylic acids is 1. The largest absolute Gasteiger partial charge is 0.382 e. The number of hydrogen-bond donors (Lipinski definition) is 2. The first-order valence-corrected chi connectivity index (χ1v) is 11.6. The zero-order valence-corrected chi connectivity index (χ0v) is 20.3. The molecule has 180 valence electrons. The van der Waals surface area contributed by atoms with E-state index in [1.807, 2.05) is 54.6 Å². The molecule has 3 N–H and O–H groups in total. The van der Waals surface area contributed by atoms with Crippen LogP contribution in [0.2, 0.25) is 0 Å². The summed E-state index contributed by atoms with van der Waals surface area (Å²) < 4.78 is 3.06. The third kappa shape index (κ3) is 4.02. The van der Waals surface area contributed by atoms with Crippen LogP contribution in [0.25, 0.3) is 22.5 Å². The molecule has 5 aromatic rings. The Bertz CT molecular complexity index is 1630. The first-order valence-electron chi connectivity index (χ1n) is 11.6. The lowest BCUT2D eigenvalue weighted by molar-refractivity contribution is 0.102. The van der Waals surface area contributed by atoms with Gasteiger partial charge in [0, 0.05) is 11.3 Å². The highest BCUT2D eigenvalue weighted by atomic mass is 16.2. The summed E-state index contributed by atoms with van der Waals surface area (Å²) >= 11 is 0. The minimum Gasteiger partial charge on any atom is -0.382 e. The maximum atomic E-state index is 13.9. The predicted octanol–water partition coefficient (Wildman–Crippen LogP) is 4.70. The molecule has 0 atom stereocenters. The van der Waals surface area contributed by atoms with Gasteiger partial charge < -0.3 is 11.1 Å². The molecule has 1 amide bonds. The maximum absolute atomic E-state index is 13.9. The van der Waals surface area contributed by atoms with Gasteiger partial charge in [-0.05, 0) is 53.4 Å². The van der Waals surface area contributed by atoms with Gasteiger partial charge in [0.2, 0.25) is 0 Å². The highest BCUT2D eigenvalue weighted by molar-refractivity contribution is 6.04. The lowest BCUT2D eigenvalue weighted by Gasteiger charge is -2.22. The van der Waals surface area contributed by atoms with Crippen molar-refractivity contribution in [3.05, 3.63) is 107 Å². The number of hydrogen-bond acceptors (Lipinski definition) is 5. The smallest absolute Gasteiger partial charge is 0.339 e. The number of nitrogens with two attached hydrogens (primary N) is 1. The number of nitrogen functional groups attached to an aromatic ring is 1. The lowest BCUT2D eigenvalue weighted by atomic mass is 9.86. The summed E-state index contributed by atoms with van der Waals surface area (Å²) in [5.74, 6) is -0.0561. The van der Waals surface area contributed by atoms with E-state index in [4.69, 9.17) is 5.73 Å². The number of para-hydroxylation sites is 2. The molecular formula is C28H26N6O2. The molecule has 8 heteroatoms. The second-order valence-corrected chi connectivity index (χ2v) is 9.52. The Morgan fingerprint density at radius 2 is 1.53 bits per heavy atom. The third-order valence-electron chi connectivity index (χ3n) is 6.02. The Hall–Kier alpha value is -4.72. The Kier molecular flexibility index (Phi) is 5.64. The molecule has 0 saturated carbocycles. The quantitative estimate of drug-likeness (QED) is 0.389. The lowest BCUT2D eigenvalue weighted by Crippen LogP contribution is -2.25. The van der Waals surface area contributed by atoms with Crippen molar-refractivity contribution in [3.63, 3.8) is 0 Å². The van der Waals surface area contributed by atoms with Crippen LogP contribution in [0.15, 0.2) is 90.0 Å². The minimum absolute atomic E-state index is 0.190. The van der Waals surface area contributed by atoms with Crippen molar-refractivity contribution in [3.8, 4) is 11.4 Å². The van der Waals surface area contributed by atoms with E-state index in [1.165, 1.54) is 10.9 Å². The van der Waals surface area contributed by atoms with Crippen LogP contribution in [0.3, 0.4) is 0 Å². The number of nitrogens with zero attached hydrogens (tertiary/aromatic N) is 4. The Morgan fingerprint density at radius 3 is 2.22 bits per heavy atom. The number of aromatic nitrogens is 4. The van der Waals surface area contributed by atoms with Crippen LogP contribution >= 0.6 is 0 Å². The highest BCUT2D eigenvalue weighted by Crippen LogP contribution is 2.30. The molecule has 0 unspecified atom stereocenters. The van der Waals surface area contributed by atoms with Crippen molar-refractivity contribution in [1.29, 1.82) is 0 Å². The summed E-state index contributed by atoms with van der Waals surface area (Å²) in [5, 5.41) is 2.86. The fourth-order valence-corrected chi connectivity index (χ4v) is 4.29. The van der Waals surface area contributed by atoms with E-state index in [2.05, 4.69) is 36.1 Å². The number of anilines is 2. The topological polar surface area (TPSA) is 108 Å². The van der Waals surface area contributed by atoms with Gasteiger partial charge in [-0.2, -0.15) is 0 Å². The van der Waals surface area contributed by atoms with Gasteiger partial charge >= 0.3 is 5.69 Å². The molecule has 0 spiro atoms. The number of rotatable bonds is 4. The number of benzene rings is 3. The van der Waals surface area contributed by atoms with Crippen molar-refractivity contribution in [2.75, 3.05) is 11.1 Å². The van der Waals surface area contributed by atoms with Crippen LogP contribution in [0.5, 0.6) is 0 Å². The number of carbonyl (C=O) groups is 1. The molecule has 5 rings (SSSR count). The predicted molar refractivity (Wildman–Crippen MR) is 142 cm³/mol. The van der Waals surface area contributed by atoms with Crippen molar-refractivity contribution in [2.45, 2.75) is 26.2 Å². The highest BCUT2D eigenvalue weighted by Gasteiger charge is 2.25. The summed E-state index contributed by atoms with van der Waals surface area (Å²) in [7, 11) is 0. The Balaban J connectivity index is 1.64. The SMILES string of the molecule is CC(C)(C)c1ccccc1-n1c(=O)n(-c2ccc(C(=O)Nc3ccccc3)cc2)c2c(N)ncnc21. The average Bonchev–Trinajstić information content (AvgIpc) is 3.17. The van der Waals surface area contributed by atoms with Gasteiger partial charge in [0.05, 0.1) is 11.4 Å². The van der Waals surface area contributed by atoms with E-state index in [1.54, 1.807) is 28.8 Å². The molecule has 0 aliphatic heterocycles. The van der Waals surface area contributed by atoms with Gasteiger partial charge in [-0.15, -0.1) is 0 Å². The summed E-state index contributed by atoms with van der Waals surface area (Å²) in [5.41, 5.74) is 9.98. The molecule has 0 bridgehead atoms. The third-order valence-corrected chi connectivity index (χ3v) is 6.02. The van der Waals surface area contributed by atoms with E-state index >= 15 is 0 Å². The first kappa shape index (κ1) is 23.0. The van der Waals surface area contributed by atoms with Gasteiger partial charge in [-0.3, -0.25) is 9.36 Å². The van der Waals surface area contributed by atoms with Gasteiger partial charge in [0.1, 0.15) is 11.8 Å². The second kappa shape index (κ2) is 8.81. The molecule has 0 radical (unpaired) electrons. The van der Waals surface area contributed by atoms with Crippen molar-refractivity contribution >= 4 is 28.6 Å². The van der Waals surface area contributed by atoms with E-state index in [0.717, 1.165) is 11.3 Å². The summed E-state index contributed by atoms with van der Waals surface area (Å²) in [6.45, 7) is 6.29. The van der Waals surface area contributed by atoms with Crippen LogP contribution in [0.4, 0.5) is 11.5 Å². The summed E-state index contributed by atoms with van der Waals surface area (Å²) in [4.78, 5) is 35.2. The monoisotopic (exact) mass is 478 g/mol. The number of fused-ring (bicyclic) bond motifs is 1. The number of amides is 1. The zero-order chi connectivity index (χ0) is 25.4. The van der Waals surface area contributed by atoms with Gasteiger partial charge in [0.25, 0.3) is 5.91 Å². The van der Waals surface area contributed by atoms with Gasteiger partial charge in [-0.1, -0.05) is 57.2 Å². The standard InChI is InChI=1S/C28H26N6O2/c1-28(2,3)21-11-7-8-12-22(21)34-25-23(24(29)30-17-31-25)33(27(34)36)20-15-13-18(14-16-20)26(35)32-19-9-5-4-6-10-19/h4-17H,1-3H3,(H,32,35)(H2,29,30,31). The van der Waals surface area contributed by atoms with E-state index in [0.29, 0.717) is 28.1 Å². The molecule has 36 heavy (non-hydrogen) atoms. The van der Waals surface area contributed by atoms with Crippen LogP contribution in [-0.4, -0.2) is 25.0 Å². The number of nitrogens with one attached hydrogen (secondary N) is 1. The van der Waals surface area contributed by atoms with Crippen molar-refractivity contribution < 1.29 is 4.79 Å². The molecule has 3 aromatic carbocycles. The maximum Gasteiger partial charge on any atom is 0.339 e. The molecule has 0 saturated heterocycles. The van der Waals surface area contributed by atoms with E-state index in [9.17, 15) is 9.59 Å². The zero-order valence-electron chi connectivity index (χ0n) is 20.3. The molecule has 8 nitrogen and oxygen atoms in total. The molecule has 2 heterocycles. The molecule has 2 aromatic heterocycles. The average molecular weight is 479 g/mol. The Morgan fingerprint density at radius 1 is 0.861 bits per heavy atom. The van der Waals surface area contributed by atoms with Crippen LogP contribution < -0.4 is 16.7 Å². The Labute approximate surface area is 208 Å². The molecular weight excluding hydrogens is 452 g/mol. The van der Waals surface area contributed by atoms with Crippen LogP contribution in [0, 0.1) is 0 Å². The van der Waals surface area contributed by atoms with E-state index in [-0.39, 0.29) is 22.8 Å². The number of imidazole rings is 1. The van der Waals surface area contributed by atoms with Crippen LogP contribution in [-0.2, 0) is 5.41 Å². The minimum atomic E-state index is -0.324. The van der Waals surface area contributed by atoms with Crippen LogP contribution in [0.1, 0.15) is 36.7 Å². The van der Waals surface area contributed by atoms with Crippen molar-refractivity contribution in [1.82, 2.24) is 19.1 Å². The van der Waals surface area contributed by atoms with Gasteiger partial charge in [-0.25, -0.2) is 19.3 Å². The normalized spacial score (nSPS) is 11.5. The van der Waals surface area contributed by atoms with Crippen molar-refractivity contribution in [2.24, 2.45) is 0 Å². The fraction of sp³-hybridized carbons (Fsp3) is 0.143. The summed E-state index contributed by atoms with van der Waals surface area (Å²) in [6, 6.07) is 23.8. The molecule has 0 aliphatic rings. The first-order chi connectivity index (χ1) is 17.3. The molecule has 0 aliphatic carbocycles. The molecule has 0 fully saturated rings. The van der Waals surface area contributed by atoms with Gasteiger partial charge in [0.15, 0.2) is 11.5 Å². The second-order valence-electron chi connectivity index (χ2n) is 9.52. The van der Waals surface area contributed by atoms with E-state index < -0.39 is 0 Å².